The highest BCUT2D eigenvalue weighted by Gasteiger charge is 2.21. The summed E-state index contributed by atoms with van der Waals surface area (Å²) in [5, 5.41) is 3.59. The molecule has 1 N–H and O–H groups in total. The van der Waals surface area contributed by atoms with Crippen LogP contribution in [0.3, 0.4) is 0 Å². The van der Waals surface area contributed by atoms with Gasteiger partial charge in [-0.3, -0.25) is 4.98 Å². The normalized spacial score (nSPS) is 17.4. The van der Waals surface area contributed by atoms with E-state index in [9.17, 15) is 0 Å². The molecule has 0 spiro atoms. The van der Waals surface area contributed by atoms with Gasteiger partial charge in [0.1, 0.15) is 0 Å². The van der Waals surface area contributed by atoms with E-state index in [1.165, 1.54) is 18.4 Å². The van der Waals surface area contributed by atoms with E-state index in [4.69, 9.17) is 0 Å². The third-order valence-electron chi connectivity index (χ3n) is 3.16. The molecule has 0 aromatic carbocycles. The van der Waals surface area contributed by atoms with Crippen LogP contribution in [-0.2, 0) is 6.54 Å². The Morgan fingerprint density at radius 3 is 2.76 bits per heavy atom. The average Bonchev–Trinajstić information content (AvgIpc) is 3.11. The van der Waals surface area contributed by atoms with E-state index in [1.807, 2.05) is 12.4 Å². The molecule has 1 unspecified atom stereocenters. The van der Waals surface area contributed by atoms with Gasteiger partial charge in [-0.2, -0.15) is 0 Å². The van der Waals surface area contributed by atoms with Gasteiger partial charge in [-0.05, 0) is 50.0 Å². The first-order valence-corrected chi connectivity index (χ1v) is 6.55. The lowest BCUT2D eigenvalue weighted by atomic mass is 10.1. The van der Waals surface area contributed by atoms with Crippen molar-refractivity contribution >= 4 is 0 Å². The van der Waals surface area contributed by atoms with Crippen LogP contribution < -0.4 is 5.32 Å². The maximum Gasteiger partial charge on any atom is 0.0271 e. The largest absolute Gasteiger partial charge is 0.314 e. The number of hydrogen-bond acceptors (Lipinski definition) is 3. The smallest absolute Gasteiger partial charge is 0.0271 e. The number of pyridine rings is 1. The highest BCUT2D eigenvalue weighted by molar-refractivity contribution is 5.09. The summed E-state index contributed by atoms with van der Waals surface area (Å²) in [6, 6.07) is 5.00. The van der Waals surface area contributed by atoms with Gasteiger partial charge in [-0.1, -0.05) is 6.92 Å². The number of rotatable bonds is 7. The summed E-state index contributed by atoms with van der Waals surface area (Å²) in [5.41, 5.74) is 1.34. The van der Waals surface area contributed by atoms with Gasteiger partial charge in [0.2, 0.25) is 0 Å². The topological polar surface area (TPSA) is 28.2 Å². The zero-order valence-corrected chi connectivity index (χ0v) is 10.9. The van der Waals surface area contributed by atoms with Crippen LogP contribution in [0.5, 0.6) is 0 Å². The fourth-order valence-corrected chi connectivity index (χ4v) is 2.12. The van der Waals surface area contributed by atoms with Gasteiger partial charge in [-0.25, -0.2) is 0 Å². The van der Waals surface area contributed by atoms with Crippen LogP contribution in [-0.4, -0.2) is 36.1 Å². The first-order chi connectivity index (χ1) is 8.24. The van der Waals surface area contributed by atoms with Crippen molar-refractivity contribution in [2.75, 3.05) is 20.1 Å². The molecule has 0 amide bonds. The third-order valence-corrected chi connectivity index (χ3v) is 3.16. The van der Waals surface area contributed by atoms with Gasteiger partial charge < -0.3 is 10.2 Å². The molecule has 1 aliphatic carbocycles. The highest BCUT2D eigenvalue weighted by Crippen LogP contribution is 2.18. The summed E-state index contributed by atoms with van der Waals surface area (Å²) >= 11 is 0. The first kappa shape index (κ1) is 12.5. The van der Waals surface area contributed by atoms with Crippen LogP contribution in [0, 0.1) is 5.92 Å². The van der Waals surface area contributed by atoms with Gasteiger partial charge in [0.15, 0.2) is 0 Å². The van der Waals surface area contributed by atoms with Gasteiger partial charge in [-0.15, -0.1) is 0 Å². The summed E-state index contributed by atoms with van der Waals surface area (Å²) in [7, 11) is 2.19. The average molecular weight is 233 g/mol. The Bertz CT molecular complexity index is 321. The van der Waals surface area contributed by atoms with Crippen molar-refractivity contribution in [2.45, 2.75) is 32.4 Å². The van der Waals surface area contributed by atoms with Gasteiger partial charge in [0.05, 0.1) is 0 Å². The molecule has 0 saturated heterocycles. The van der Waals surface area contributed by atoms with Crippen LogP contribution in [0.25, 0.3) is 0 Å². The van der Waals surface area contributed by atoms with Crippen molar-refractivity contribution in [3.8, 4) is 0 Å². The quantitative estimate of drug-likeness (QED) is 0.779. The predicted octanol–water partition coefficient (Wildman–Crippen LogP) is 1.90. The van der Waals surface area contributed by atoms with E-state index in [-0.39, 0.29) is 0 Å². The minimum absolute atomic E-state index is 0.711. The molecular formula is C14H23N3. The maximum atomic E-state index is 4.04. The summed E-state index contributed by atoms with van der Waals surface area (Å²) in [5.74, 6) is 0.711. The van der Waals surface area contributed by atoms with Crippen LogP contribution >= 0.6 is 0 Å². The Hall–Kier alpha value is -0.930. The van der Waals surface area contributed by atoms with Crippen LogP contribution in [0.4, 0.5) is 0 Å². The Labute approximate surface area is 104 Å². The highest BCUT2D eigenvalue weighted by atomic mass is 15.1. The molecule has 17 heavy (non-hydrogen) atoms. The second-order valence-electron chi connectivity index (χ2n) is 5.34. The van der Waals surface area contributed by atoms with E-state index in [0.29, 0.717) is 5.92 Å². The Kier molecular flexibility index (Phi) is 4.51. The number of nitrogens with zero attached hydrogens (tertiary/aromatic N) is 2. The van der Waals surface area contributed by atoms with Crippen molar-refractivity contribution in [1.29, 1.82) is 0 Å². The van der Waals surface area contributed by atoms with Crippen molar-refractivity contribution in [1.82, 2.24) is 15.2 Å². The summed E-state index contributed by atoms with van der Waals surface area (Å²) in [6.07, 6.45) is 6.47. The first-order valence-electron chi connectivity index (χ1n) is 6.55. The molecule has 94 valence electrons. The lowest BCUT2D eigenvalue weighted by Crippen LogP contribution is -2.31. The van der Waals surface area contributed by atoms with Gasteiger partial charge >= 0.3 is 0 Å². The molecule has 2 rings (SSSR count). The second kappa shape index (κ2) is 6.12. The van der Waals surface area contributed by atoms with E-state index >= 15 is 0 Å². The minimum atomic E-state index is 0.711. The molecule has 1 heterocycles. The van der Waals surface area contributed by atoms with E-state index in [0.717, 1.165) is 25.7 Å². The Morgan fingerprint density at radius 1 is 1.41 bits per heavy atom. The molecule has 3 heteroatoms. The summed E-state index contributed by atoms with van der Waals surface area (Å²) in [4.78, 5) is 6.42. The van der Waals surface area contributed by atoms with Gasteiger partial charge in [0.25, 0.3) is 0 Å². The Morgan fingerprint density at radius 2 is 2.12 bits per heavy atom. The van der Waals surface area contributed by atoms with E-state index in [2.05, 4.69) is 41.3 Å². The lowest BCUT2D eigenvalue weighted by Gasteiger charge is -2.21. The van der Waals surface area contributed by atoms with E-state index in [1.54, 1.807) is 0 Å². The number of nitrogens with one attached hydrogen (secondary N) is 1. The van der Waals surface area contributed by atoms with Crippen LogP contribution in [0.1, 0.15) is 25.3 Å². The lowest BCUT2D eigenvalue weighted by molar-refractivity contribution is 0.273. The van der Waals surface area contributed by atoms with Crippen molar-refractivity contribution in [3.63, 3.8) is 0 Å². The van der Waals surface area contributed by atoms with Crippen molar-refractivity contribution in [2.24, 2.45) is 5.92 Å². The van der Waals surface area contributed by atoms with Crippen LogP contribution in [0.15, 0.2) is 24.5 Å². The van der Waals surface area contributed by atoms with Gasteiger partial charge in [0, 0.05) is 31.5 Å². The van der Waals surface area contributed by atoms with E-state index < -0.39 is 0 Å². The second-order valence-corrected chi connectivity index (χ2v) is 5.34. The zero-order chi connectivity index (χ0) is 12.1. The molecule has 3 nitrogen and oxygen atoms in total. The molecule has 0 aliphatic heterocycles. The fourth-order valence-electron chi connectivity index (χ4n) is 2.12. The fraction of sp³-hybridized carbons (Fsp3) is 0.643. The van der Waals surface area contributed by atoms with Crippen molar-refractivity contribution in [3.05, 3.63) is 30.1 Å². The maximum absolute atomic E-state index is 4.04. The third kappa shape index (κ3) is 4.84. The molecular weight excluding hydrogens is 210 g/mol. The SMILES string of the molecule is CC(CNC1CC1)CN(C)Cc1ccncc1. The molecule has 0 bridgehead atoms. The molecule has 1 aromatic heterocycles. The molecule has 0 radical (unpaired) electrons. The Balaban J connectivity index is 1.66. The standard InChI is InChI=1S/C14H23N3/c1-12(9-16-14-3-4-14)10-17(2)11-13-5-7-15-8-6-13/h5-8,12,14,16H,3-4,9-11H2,1-2H3. The summed E-state index contributed by atoms with van der Waals surface area (Å²) < 4.78 is 0. The zero-order valence-electron chi connectivity index (χ0n) is 10.9. The molecule has 1 saturated carbocycles. The van der Waals surface area contributed by atoms with Crippen LogP contribution in [0.2, 0.25) is 0 Å². The monoisotopic (exact) mass is 233 g/mol. The van der Waals surface area contributed by atoms with Crippen molar-refractivity contribution < 1.29 is 0 Å². The predicted molar refractivity (Wildman–Crippen MR) is 70.8 cm³/mol. The number of aromatic nitrogens is 1. The molecule has 1 aliphatic rings. The minimum Gasteiger partial charge on any atom is -0.314 e. The number of hydrogen-bond donors (Lipinski definition) is 1. The molecule has 1 fully saturated rings. The molecule has 1 atom stereocenters. The molecule has 1 aromatic rings. The summed E-state index contributed by atoms with van der Waals surface area (Å²) in [6.45, 7) is 5.61.